The molecule has 0 saturated carbocycles. The van der Waals surface area contributed by atoms with Gasteiger partial charge in [-0.15, -0.1) is 0 Å². The summed E-state index contributed by atoms with van der Waals surface area (Å²) in [4.78, 5) is 13.8. The van der Waals surface area contributed by atoms with Gasteiger partial charge in [0, 0.05) is 25.0 Å². The molecule has 0 aliphatic rings. The lowest BCUT2D eigenvalue weighted by Gasteiger charge is -2.22. The third kappa shape index (κ3) is 3.88. The van der Waals surface area contributed by atoms with Crippen molar-refractivity contribution in [2.24, 2.45) is 5.92 Å². The molecule has 106 valence electrons. The summed E-state index contributed by atoms with van der Waals surface area (Å²) < 4.78 is 4.77. The Bertz CT molecular complexity index is 456. The van der Waals surface area contributed by atoms with Crippen LogP contribution in [-0.2, 0) is 4.74 Å². The number of nitrogens with two attached hydrogens (primary N) is 1. The Balaban J connectivity index is 3.02. The molecule has 4 nitrogen and oxygen atoms in total. The molecule has 2 N–H and O–H groups in total. The monoisotopic (exact) mass is 264 g/mol. The Hall–Kier alpha value is -1.71. The average Bonchev–Trinajstić information content (AvgIpc) is 2.37. The zero-order valence-electron chi connectivity index (χ0n) is 12.5. The molecule has 0 heterocycles. The highest BCUT2D eigenvalue weighted by atomic mass is 16.5. The van der Waals surface area contributed by atoms with Crippen LogP contribution in [0.15, 0.2) is 12.1 Å². The summed E-state index contributed by atoms with van der Waals surface area (Å²) in [7, 11) is 3.39. The summed E-state index contributed by atoms with van der Waals surface area (Å²) in [6, 6.07) is 3.80. The normalized spacial score (nSPS) is 10.6. The first-order valence-corrected chi connectivity index (χ1v) is 6.56. The number of ether oxygens (including phenoxy) is 1. The largest absolute Gasteiger partial charge is 0.465 e. The molecular weight excluding hydrogens is 240 g/mol. The van der Waals surface area contributed by atoms with E-state index in [1.54, 1.807) is 6.07 Å². The topological polar surface area (TPSA) is 55.6 Å². The molecule has 0 amide bonds. The maximum atomic E-state index is 11.7. The van der Waals surface area contributed by atoms with Crippen molar-refractivity contribution in [1.29, 1.82) is 0 Å². The SMILES string of the molecule is COC(=O)c1cc(N(C)CCC(C)C)cc(C)c1N. The Morgan fingerprint density at radius 3 is 2.58 bits per heavy atom. The van der Waals surface area contributed by atoms with E-state index < -0.39 is 0 Å². The van der Waals surface area contributed by atoms with Crippen LogP contribution in [0.2, 0.25) is 0 Å². The fraction of sp³-hybridized carbons (Fsp3) is 0.533. The van der Waals surface area contributed by atoms with Crippen molar-refractivity contribution in [3.8, 4) is 0 Å². The first kappa shape index (κ1) is 15.3. The quantitative estimate of drug-likeness (QED) is 0.656. The first-order valence-electron chi connectivity index (χ1n) is 6.56. The Labute approximate surface area is 115 Å². The minimum Gasteiger partial charge on any atom is -0.465 e. The Morgan fingerprint density at radius 2 is 2.05 bits per heavy atom. The lowest BCUT2D eigenvalue weighted by Crippen LogP contribution is -2.21. The molecule has 0 spiro atoms. The molecule has 0 saturated heterocycles. The molecule has 0 aliphatic heterocycles. The number of hydrogen-bond donors (Lipinski definition) is 1. The predicted octanol–water partition coefficient (Wildman–Crippen LogP) is 2.85. The summed E-state index contributed by atoms with van der Waals surface area (Å²) in [5, 5.41) is 0. The highest BCUT2D eigenvalue weighted by Gasteiger charge is 2.15. The summed E-state index contributed by atoms with van der Waals surface area (Å²) in [6.45, 7) is 7.24. The summed E-state index contributed by atoms with van der Waals surface area (Å²) >= 11 is 0. The molecule has 1 rings (SSSR count). The Kier molecular flexibility index (Phi) is 5.21. The molecule has 0 unspecified atom stereocenters. The summed E-state index contributed by atoms with van der Waals surface area (Å²) in [5.41, 5.74) is 8.75. The summed E-state index contributed by atoms with van der Waals surface area (Å²) in [5.74, 6) is 0.261. The molecule has 1 aromatic rings. The lowest BCUT2D eigenvalue weighted by molar-refractivity contribution is 0.0602. The molecule has 0 aliphatic carbocycles. The van der Waals surface area contributed by atoms with E-state index in [1.807, 2.05) is 20.0 Å². The second kappa shape index (κ2) is 6.45. The van der Waals surface area contributed by atoms with Gasteiger partial charge in [-0.25, -0.2) is 4.79 Å². The van der Waals surface area contributed by atoms with Crippen molar-refractivity contribution in [3.63, 3.8) is 0 Å². The van der Waals surface area contributed by atoms with Crippen LogP contribution < -0.4 is 10.6 Å². The number of nitrogen functional groups attached to an aromatic ring is 1. The van der Waals surface area contributed by atoms with Crippen molar-refractivity contribution >= 4 is 17.3 Å². The van der Waals surface area contributed by atoms with E-state index in [4.69, 9.17) is 10.5 Å². The van der Waals surface area contributed by atoms with Crippen LogP contribution in [0.1, 0.15) is 36.2 Å². The van der Waals surface area contributed by atoms with Gasteiger partial charge in [-0.05, 0) is 37.0 Å². The van der Waals surface area contributed by atoms with Gasteiger partial charge in [0.25, 0.3) is 0 Å². The van der Waals surface area contributed by atoms with Crippen LogP contribution in [0, 0.1) is 12.8 Å². The van der Waals surface area contributed by atoms with Crippen LogP contribution in [0.25, 0.3) is 0 Å². The minimum absolute atomic E-state index is 0.389. The minimum atomic E-state index is -0.389. The van der Waals surface area contributed by atoms with Gasteiger partial charge in [-0.1, -0.05) is 13.8 Å². The van der Waals surface area contributed by atoms with Crippen LogP contribution in [0.4, 0.5) is 11.4 Å². The Morgan fingerprint density at radius 1 is 1.42 bits per heavy atom. The van der Waals surface area contributed by atoms with Crippen LogP contribution in [-0.4, -0.2) is 26.7 Å². The number of rotatable bonds is 5. The molecule has 0 aromatic heterocycles. The van der Waals surface area contributed by atoms with E-state index in [2.05, 4.69) is 18.7 Å². The standard InChI is InChI=1S/C15H24N2O2/c1-10(2)6-7-17(4)12-8-11(3)14(16)13(9-12)15(18)19-5/h8-10H,6-7,16H2,1-5H3. The second-order valence-corrected chi connectivity index (χ2v) is 5.32. The molecule has 0 atom stereocenters. The molecule has 4 heteroatoms. The fourth-order valence-corrected chi connectivity index (χ4v) is 1.86. The van der Waals surface area contributed by atoms with E-state index in [-0.39, 0.29) is 5.97 Å². The van der Waals surface area contributed by atoms with Crippen LogP contribution >= 0.6 is 0 Å². The number of anilines is 2. The van der Waals surface area contributed by atoms with Crippen molar-refractivity contribution in [1.82, 2.24) is 0 Å². The van der Waals surface area contributed by atoms with Crippen LogP contribution in [0.5, 0.6) is 0 Å². The zero-order valence-corrected chi connectivity index (χ0v) is 12.5. The molecule has 0 radical (unpaired) electrons. The summed E-state index contributed by atoms with van der Waals surface area (Å²) in [6.07, 6.45) is 1.10. The number of benzene rings is 1. The number of esters is 1. The number of aryl methyl sites for hydroxylation is 1. The number of nitrogens with zero attached hydrogens (tertiary/aromatic N) is 1. The maximum Gasteiger partial charge on any atom is 0.340 e. The van der Waals surface area contributed by atoms with E-state index in [0.29, 0.717) is 17.2 Å². The zero-order chi connectivity index (χ0) is 14.6. The van der Waals surface area contributed by atoms with E-state index in [9.17, 15) is 4.79 Å². The molecule has 0 fully saturated rings. The number of carbonyl (C=O) groups is 1. The maximum absolute atomic E-state index is 11.7. The van der Waals surface area contributed by atoms with Gasteiger partial charge in [-0.3, -0.25) is 0 Å². The number of hydrogen-bond acceptors (Lipinski definition) is 4. The third-order valence-corrected chi connectivity index (χ3v) is 3.26. The van der Waals surface area contributed by atoms with Gasteiger partial charge in [0.2, 0.25) is 0 Å². The van der Waals surface area contributed by atoms with Gasteiger partial charge in [-0.2, -0.15) is 0 Å². The van der Waals surface area contributed by atoms with Gasteiger partial charge in [0.1, 0.15) is 0 Å². The highest BCUT2D eigenvalue weighted by molar-refractivity contribution is 5.97. The van der Waals surface area contributed by atoms with Crippen molar-refractivity contribution < 1.29 is 9.53 Å². The van der Waals surface area contributed by atoms with Crippen molar-refractivity contribution in [2.75, 3.05) is 31.3 Å². The van der Waals surface area contributed by atoms with E-state index >= 15 is 0 Å². The van der Waals surface area contributed by atoms with Gasteiger partial charge < -0.3 is 15.4 Å². The predicted molar refractivity (Wildman–Crippen MR) is 79.7 cm³/mol. The average molecular weight is 264 g/mol. The van der Waals surface area contributed by atoms with E-state index in [1.165, 1.54) is 7.11 Å². The molecule has 0 bridgehead atoms. The van der Waals surface area contributed by atoms with Crippen molar-refractivity contribution in [3.05, 3.63) is 23.3 Å². The molecule has 19 heavy (non-hydrogen) atoms. The second-order valence-electron chi connectivity index (χ2n) is 5.32. The smallest absolute Gasteiger partial charge is 0.340 e. The number of carbonyl (C=O) groups excluding carboxylic acids is 1. The lowest BCUT2D eigenvalue weighted by atomic mass is 10.1. The van der Waals surface area contributed by atoms with Gasteiger partial charge in [0.05, 0.1) is 12.7 Å². The highest BCUT2D eigenvalue weighted by Crippen LogP contribution is 2.25. The van der Waals surface area contributed by atoms with E-state index in [0.717, 1.165) is 24.2 Å². The van der Waals surface area contributed by atoms with Crippen molar-refractivity contribution in [2.45, 2.75) is 27.2 Å². The molecular formula is C15H24N2O2. The van der Waals surface area contributed by atoms with Gasteiger partial charge >= 0.3 is 5.97 Å². The molecule has 1 aromatic carbocycles. The third-order valence-electron chi connectivity index (χ3n) is 3.26. The van der Waals surface area contributed by atoms with Gasteiger partial charge in [0.15, 0.2) is 0 Å². The number of methoxy groups -OCH3 is 1. The first-order chi connectivity index (χ1) is 8.86. The van der Waals surface area contributed by atoms with Crippen LogP contribution in [0.3, 0.4) is 0 Å². The fourth-order valence-electron chi connectivity index (χ4n) is 1.86.